The van der Waals surface area contributed by atoms with Crippen LogP contribution in [-0.4, -0.2) is 54.2 Å². The lowest BCUT2D eigenvalue weighted by molar-refractivity contribution is 0.0525. The summed E-state index contributed by atoms with van der Waals surface area (Å²) in [5, 5.41) is 2.89. The molecular weight excluding hydrogens is 518 g/mol. The number of esters is 1. The number of carbonyl (C=O) groups excluding carboxylic acids is 2. The Morgan fingerprint density at radius 1 is 1.05 bits per heavy atom. The number of ether oxygens (including phenoxy) is 1. The highest BCUT2D eigenvalue weighted by Gasteiger charge is 2.33. The van der Waals surface area contributed by atoms with Crippen LogP contribution >= 0.6 is 0 Å². The lowest BCUT2D eigenvalue weighted by Crippen LogP contribution is -2.40. The fourth-order valence-corrected chi connectivity index (χ4v) is 5.48. The Bertz CT molecular complexity index is 1440. The molecule has 0 spiro atoms. The molecule has 3 heterocycles. The average molecular weight is 552 g/mol. The molecule has 1 aliphatic rings. The van der Waals surface area contributed by atoms with Crippen molar-refractivity contribution in [2.75, 3.05) is 23.8 Å². The molecule has 4 rings (SSSR count). The first-order valence-electron chi connectivity index (χ1n) is 13.0. The Morgan fingerprint density at radius 2 is 1.72 bits per heavy atom. The van der Waals surface area contributed by atoms with Crippen molar-refractivity contribution in [3.63, 3.8) is 0 Å². The van der Waals surface area contributed by atoms with Crippen LogP contribution in [0, 0.1) is 5.92 Å². The summed E-state index contributed by atoms with van der Waals surface area (Å²) < 4.78 is 29.0. The van der Waals surface area contributed by atoms with Gasteiger partial charge < -0.3 is 15.0 Å². The van der Waals surface area contributed by atoms with E-state index in [1.54, 1.807) is 44.3 Å². The number of aromatic nitrogens is 3. The maximum absolute atomic E-state index is 12.9. The number of nitrogens with one attached hydrogen (secondary N) is 1. The molecule has 0 bridgehead atoms. The zero-order valence-electron chi connectivity index (χ0n) is 22.5. The molecule has 1 N–H and O–H groups in total. The number of nitrogens with zero attached hydrogens (tertiary/aromatic N) is 4. The second-order valence-electron chi connectivity index (χ2n) is 9.62. The fourth-order valence-electron chi connectivity index (χ4n) is 4.59. The van der Waals surface area contributed by atoms with Crippen LogP contribution < -0.4 is 10.2 Å². The van der Waals surface area contributed by atoms with Crippen LogP contribution in [0.2, 0.25) is 0 Å². The molecule has 1 amide bonds. The molecule has 0 unspecified atom stereocenters. The number of rotatable bonds is 9. The number of hydrogen-bond acceptors (Lipinski definition) is 9. The first-order chi connectivity index (χ1) is 18.6. The third kappa shape index (κ3) is 6.25. The Morgan fingerprint density at radius 3 is 2.33 bits per heavy atom. The number of amides is 1. The summed E-state index contributed by atoms with van der Waals surface area (Å²) in [4.78, 5) is 40.7. The van der Waals surface area contributed by atoms with E-state index in [9.17, 15) is 18.0 Å². The van der Waals surface area contributed by atoms with Gasteiger partial charge in [-0.3, -0.25) is 9.78 Å². The van der Waals surface area contributed by atoms with Gasteiger partial charge in [-0.05, 0) is 48.6 Å². The molecule has 206 valence electrons. The number of fused-ring (bicyclic) bond motifs is 1. The smallest absolute Gasteiger partial charge is 0.341 e. The van der Waals surface area contributed by atoms with Crippen molar-refractivity contribution >= 4 is 27.7 Å². The van der Waals surface area contributed by atoms with Gasteiger partial charge in [-0.1, -0.05) is 32.9 Å². The highest BCUT2D eigenvalue weighted by Crippen LogP contribution is 2.36. The second kappa shape index (κ2) is 11.9. The maximum Gasteiger partial charge on any atom is 0.341 e. The standard InChI is InChI=1S/C28H33N5O5S/c1-5-38-27(35)22-16-31-28(32-17-22)33-12-11-20-13-21(15-29-24(20)25(33)18(3)4)26(34)30-14-19-7-9-23(10-8-19)39(36,37)6-2/h7-10,13,15-18,25H,5-6,11-12,14H2,1-4H3,(H,30,34)/t25-/m0/s1. The van der Waals surface area contributed by atoms with Gasteiger partial charge in [-0.25, -0.2) is 23.2 Å². The molecule has 0 aliphatic carbocycles. The summed E-state index contributed by atoms with van der Waals surface area (Å²) in [6, 6.07) is 8.32. The van der Waals surface area contributed by atoms with Gasteiger partial charge in [0.25, 0.3) is 5.91 Å². The van der Waals surface area contributed by atoms with Crippen molar-refractivity contribution in [3.05, 3.63) is 76.9 Å². The van der Waals surface area contributed by atoms with Gasteiger partial charge in [0.15, 0.2) is 9.84 Å². The Balaban J connectivity index is 1.47. The monoisotopic (exact) mass is 551 g/mol. The van der Waals surface area contributed by atoms with Gasteiger partial charge in [-0.15, -0.1) is 0 Å². The van der Waals surface area contributed by atoms with Crippen LogP contribution in [0.25, 0.3) is 0 Å². The van der Waals surface area contributed by atoms with Crippen molar-refractivity contribution in [2.24, 2.45) is 5.92 Å². The van der Waals surface area contributed by atoms with E-state index < -0.39 is 15.8 Å². The number of sulfone groups is 1. The van der Waals surface area contributed by atoms with Crippen molar-refractivity contribution in [1.82, 2.24) is 20.3 Å². The molecule has 3 aromatic rings. The third-order valence-corrected chi connectivity index (χ3v) is 8.41. The minimum absolute atomic E-state index is 0.0403. The molecule has 0 radical (unpaired) electrons. The maximum atomic E-state index is 12.9. The summed E-state index contributed by atoms with van der Waals surface area (Å²) in [7, 11) is -3.26. The van der Waals surface area contributed by atoms with E-state index in [2.05, 4.69) is 34.0 Å². The molecule has 0 fully saturated rings. The van der Waals surface area contributed by atoms with Gasteiger partial charge in [0.1, 0.15) is 0 Å². The van der Waals surface area contributed by atoms with Crippen LogP contribution in [0.1, 0.15) is 71.3 Å². The largest absolute Gasteiger partial charge is 0.462 e. The van der Waals surface area contributed by atoms with Crippen LogP contribution in [-0.2, 0) is 27.5 Å². The predicted octanol–water partition coefficient (Wildman–Crippen LogP) is 3.53. The summed E-state index contributed by atoms with van der Waals surface area (Å²) in [5.41, 5.74) is 3.43. The summed E-state index contributed by atoms with van der Waals surface area (Å²) in [5.74, 6) is 0.0238. The zero-order chi connectivity index (χ0) is 28.2. The quantitative estimate of drug-likeness (QED) is 0.397. The molecule has 10 nitrogen and oxygen atoms in total. The van der Waals surface area contributed by atoms with E-state index in [-0.39, 0.29) is 41.7 Å². The van der Waals surface area contributed by atoms with Crippen LogP contribution in [0.15, 0.2) is 53.8 Å². The summed E-state index contributed by atoms with van der Waals surface area (Å²) >= 11 is 0. The van der Waals surface area contributed by atoms with Crippen molar-refractivity contribution in [1.29, 1.82) is 0 Å². The zero-order valence-corrected chi connectivity index (χ0v) is 23.4. The number of hydrogen-bond donors (Lipinski definition) is 1. The molecule has 11 heteroatoms. The molecule has 1 aromatic carbocycles. The van der Waals surface area contributed by atoms with Gasteiger partial charge in [0, 0.05) is 31.7 Å². The molecule has 0 saturated heterocycles. The molecule has 1 aliphatic heterocycles. The molecule has 0 saturated carbocycles. The van der Waals surface area contributed by atoms with Gasteiger partial charge in [0.2, 0.25) is 5.95 Å². The van der Waals surface area contributed by atoms with Gasteiger partial charge >= 0.3 is 5.97 Å². The molecule has 39 heavy (non-hydrogen) atoms. The van der Waals surface area contributed by atoms with Crippen LogP contribution in [0.3, 0.4) is 0 Å². The molecule has 2 aromatic heterocycles. The Kier molecular flexibility index (Phi) is 8.59. The van der Waals surface area contributed by atoms with Crippen molar-refractivity contribution in [3.8, 4) is 0 Å². The van der Waals surface area contributed by atoms with E-state index in [0.717, 1.165) is 16.8 Å². The number of benzene rings is 1. The lowest BCUT2D eigenvalue weighted by atomic mass is 9.89. The predicted molar refractivity (Wildman–Crippen MR) is 146 cm³/mol. The van der Waals surface area contributed by atoms with Crippen LogP contribution in [0.4, 0.5) is 5.95 Å². The minimum atomic E-state index is -3.26. The van der Waals surface area contributed by atoms with Crippen molar-refractivity contribution < 1.29 is 22.7 Å². The topological polar surface area (TPSA) is 131 Å². The first-order valence-corrected chi connectivity index (χ1v) is 14.6. The third-order valence-electron chi connectivity index (χ3n) is 6.65. The van der Waals surface area contributed by atoms with E-state index >= 15 is 0 Å². The minimum Gasteiger partial charge on any atom is -0.462 e. The number of anilines is 1. The Labute approximate surface area is 228 Å². The Hall–Kier alpha value is -3.86. The van der Waals surface area contributed by atoms with E-state index in [0.29, 0.717) is 30.0 Å². The first kappa shape index (κ1) is 28.2. The molecule has 1 atom stereocenters. The average Bonchev–Trinajstić information content (AvgIpc) is 2.95. The van der Waals surface area contributed by atoms with E-state index in [1.807, 2.05) is 6.07 Å². The number of carbonyl (C=O) groups is 2. The highest BCUT2D eigenvalue weighted by atomic mass is 32.2. The van der Waals surface area contributed by atoms with Crippen molar-refractivity contribution in [2.45, 2.75) is 51.6 Å². The summed E-state index contributed by atoms with van der Waals surface area (Å²) in [6.07, 6.45) is 5.19. The van der Waals surface area contributed by atoms with Gasteiger partial charge in [0.05, 0.1) is 40.1 Å². The molecular formula is C28H33N5O5S. The van der Waals surface area contributed by atoms with Crippen LogP contribution in [0.5, 0.6) is 0 Å². The van der Waals surface area contributed by atoms with Gasteiger partial charge in [-0.2, -0.15) is 0 Å². The number of pyridine rings is 1. The van der Waals surface area contributed by atoms with E-state index in [1.165, 1.54) is 12.4 Å². The van der Waals surface area contributed by atoms with E-state index in [4.69, 9.17) is 9.72 Å². The summed E-state index contributed by atoms with van der Waals surface area (Å²) in [6.45, 7) is 8.73. The lowest BCUT2D eigenvalue weighted by Gasteiger charge is -2.39. The fraction of sp³-hybridized carbons (Fsp3) is 0.393. The highest BCUT2D eigenvalue weighted by molar-refractivity contribution is 7.91. The SMILES string of the molecule is CCOC(=O)c1cnc(N2CCc3cc(C(=O)NCc4ccc(S(=O)(=O)CC)cc4)cnc3[C@@H]2C(C)C)nc1. The second-order valence-corrected chi connectivity index (χ2v) is 11.9. The normalized spacial score (nSPS) is 15.1.